The van der Waals surface area contributed by atoms with Crippen molar-refractivity contribution in [3.8, 4) is 0 Å². The Morgan fingerprint density at radius 2 is 2.05 bits per heavy atom. The molecule has 3 nitrogen and oxygen atoms in total. The lowest BCUT2D eigenvalue weighted by Gasteiger charge is -2.36. The fourth-order valence-electron chi connectivity index (χ4n) is 2.99. The molecule has 1 saturated carbocycles. The van der Waals surface area contributed by atoms with Crippen LogP contribution in [0.3, 0.4) is 0 Å². The number of ether oxygens (including phenoxy) is 1. The number of amides is 1. The number of carbonyl (C=O) groups excluding carboxylic acids is 1. The molecule has 0 aromatic rings. The quantitative estimate of drug-likeness (QED) is 0.727. The van der Waals surface area contributed by atoms with Crippen molar-refractivity contribution in [1.29, 1.82) is 0 Å². The normalized spacial score (nSPS) is 27.3. The van der Waals surface area contributed by atoms with Crippen LogP contribution in [-0.4, -0.2) is 18.7 Å². The average molecular weight is 269 g/mol. The van der Waals surface area contributed by atoms with Crippen molar-refractivity contribution in [2.75, 3.05) is 6.54 Å². The summed E-state index contributed by atoms with van der Waals surface area (Å²) in [4.78, 5) is 11.8. The molecule has 19 heavy (non-hydrogen) atoms. The fourth-order valence-corrected chi connectivity index (χ4v) is 2.99. The van der Waals surface area contributed by atoms with Crippen LogP contribution in [0.4, 0.5) is 4.79 Å². The van der Waals surface area contributed by atoms with Gasteiger partial charge >= 0.3 is 6.09 Å². The first-order chi connectivity index (χ1) is 9.04. The Hall–Kier alpha value is -0.730. The van der Waals surface area contributed by atoms with Crippen LogP contribution in [0.2, 0.25) is 0 Å². The predicted molar refractivity (Wildman–Crippen MR) is 79.1 cm³/mol. The Kier molecular flexibility index (Phi) is 7.25. The van der Waals surface area contributed by atoms with Crippen molar-refractivity contribution in [1.82, 2.24) is 5.32 Å². The van der Waals surface area contributed by atoms with Crippen LogP contribution in [0.15, 0.2) is 0 Å². The minimum atomic E-state index is -0.221. The van der Waals surface area contributed by atoms with Crippen LogP contribution >= 0.6 is 0 Å². The Morgan fingerprint density at radius 3 is 2.68 bits per heavy atom. The molecule has 0 unspecified atom stereocenters. The van der Waals surface area contributed by atoms with Gasteiger partial charge in [0, 0.05) is 6.54 Å². The van der Waals surface area contributed by atoms with Crippen LogP contribution in [0.5, 0.6) is 0 Å². The molecular weight excluding hydrogens is 238 g/mol. The van der Waals surface area contributed by atoms with Gasteiger partial charge in [-0.2, -0.15) is 0 Å². The van der Waals surface area contributed by atoms with E-state index in [4.69, 9.17) is 4.74 Å². The molecule has 1 aliphatic carbocycles. The van der Waals surface area contributed by atoms with Crippen LogP contribution in [-0.2, 0) is 4.74 Å². The molecule has 0 heterocycles. The summed E-state index contributed by atoms with van der Waals surface area (Å²) in [6.45, 7) is 9.62. The van der Waals surface area contributed by atoms with E-state index >= 15 is 0 Å². The number of carbonyl (C=O) groups is 1. The summed E-state index contributed by atoms with van der Waals surface area (Å²) in [5.41, 5.74) is 0. The van der Waals surface area contributed by atoms with Gasteiger partial charge in [-0.3, -0.25) is 0 Å². The van der Waals surface area contributed by atoms with E-state index in [1.807, 2.05) is 0 Å². The monoisotopic (exact) mass is 269 g/mol. The molecule has 0 aromatic heterocycles. The summed E-state index contributed by atoms with van der Waals surface area (Å²) in [6, 6.07) is 0. The molecule has 3 atom stereocenters. The van der Waals surface area contributed by atoms with Gasteiger partial charge in [-0.25, -0.2) is 4.79 Å². The van der Waals surface area contributed by atoms with Gasteiger partial charge in [-0.15, -0.1) is 0 Å². The first-order valence-corrected chi connectivity index (χ1v) is 7.99. The second kappa shape index (κ2) is 8.44. The highest BCUT2D eigenvalue weighted by atomic mass is 16.6. The van der Waals surface area contributed by atoms with Crippen molar-refractivity contribution in [2.24, 2.45) is 17.8 Å². The maximum absolute atomic E-state index is 11.8. The molecule has 1 rings (SSSR count). The molecule has 1 amide bonds. The number of nitrogens with one attached hydrogen (secondary N) is 1. The summed E-state index contributed by atoms with van der Waals surface area (Å²) < 4.78 is 5.67. The zero-order valence-electron chi connectivity index (χ0n) is 13.1. The van der Waals surface area contributed by atoms with Crippen LogP contribution in [0.25, 0.3) is 0 Å². The highest BCUT2D eigenvalue weighted by Crippen LogP contribution is 2.35. The Morgan fingerprint density at radius 1 is 1.32 bits per heavy atom. The zero-order chi connectivity index (χ0) is 14.3. The average Bonchev–Trinajstić information content (AvgIpc) is 2.34. The van der Waals surface area contributed by atoms with Crippen LogP contribution in [0, 0.1) is 17.8 Å². The zero-order valence-corrected chi connectivity index (χ0v) is 13.1. The smallest absolute Gasteiger partial charge is 0.407 e. The van der Waals surface area contributed by atoms with Gasteiger partial charge in [0.1, 0.15) is 6.10 Å². The SMILES string of the molecule is CCCCCNC(=O)O[C@@H]1C[C@H](C)CC[C@H]1C(C)C. The highest BCUT2D eigenvalue weighted by molar-refractivity contribution is 5.67. The van der Waals surface area contributed by atoms with Crippen LogP contribution in [0.1, 0.15) is 66.2 Å². The second-order valence-corrected chi connectivity index (χ2v) is 6.40. The van der Waals surface area contributed by atoms with Gasteiger partial charge in [0.05, 0.1) is 0 Å². The van der Waals surface area contributed by atoms with Gasteiger partial charge in [-0.1, -0.05) is 47.0 Å². The summed E-state index contributed by atoms with van der Waals surface area (Å²) >= 11 is 0. The number of hydrogen-bond donors (Lipinski definition) is 1. The number of hydrogen-bond acceptors (Lipinski definition) is 2. The Labute approximate surface area is 118 Å². The second-order valence-electron chi connectivity index (χ2n) is 6.40. The third-order valence-corrected chi connectivity index (χ3v) is 4.27. The Bertz CT molecular complexity index is 265. The highest BCUT2D eigenvalue weighted by Gasteiger charge is 2.33. The summed E-state index contributed by atoms with van der Waals surface area (Å²) in [7, 11) is 0. The van der Waals surface area contributed by atoms with E-state index in [1.165, 1.54) is 19.3 Å². The van der Waals surface area contributed by atoms with E-state index < -0.39 is 0 Å². The van der Waals surface area contributed by atoms with E-state index in [0.29, 0.717) is 17.8 Å². The number of unbranched alkanes of at least 4 members (excludes halogenated alkanes) is 2. The topological polar surface area (TPSA) is 38.3 Å². The van der Waals surface area contributed by atoms with Crippen molar-refractivity contribution in [3.63, 3.8) is 0 Å². The number of rotatable bonds is 6. The lowest BCUT2D eigenvalue weighted by molar-refractivity contribution is 0.00623. The first kappa shape index (κ1) is 16.3. The van der Waals surface area contributed by atoms with Crippen molar-refractivity contribution in [2.45, 2.75) is 72.3 Å². The molecule has 112 valence electrons. The molecule has 0 saturated heterocycles. The number of alkyl carbamates (subject to hydrolysis) is 1. The Balaban J connectivity index is 2.36. The minimum Gasteiger partial charge on any atom is -0.446 e. The molecule has 0 aliphatic heterocycles. The molecule has 0 radical (unpaired) electrons. The van der Waals surface area contributed by atoms with E-state index in [0.717, 1.165) is 25.8 Å². The fraction of sp³-hybridized carbons (Fsp3) is 0.938. The molecule has 0 aromatic carbocycles. The summed E-state index contributed by atoms with van der Waals surface area (Å²) in [5, 5.41) is 2.88. The molecule has 0 bridgehead atoms. The lowest BCUT2D eigenvalue weighted by Crippen LogP contribution is -2.39. The lowest BCUT2D eigenvalue weighted by atomic mass is 9.75. The van der Waals surface area contributed by atoms with Crippen LogP contribution < -0.4 is 5.32 Å². The third kappa shape index (κ3) is 5.84. The van der Waals surface area contributed by atoms with Gasteiger partial charge < -0.3 is 10.1 Å². The van der Waals surface area contributed by atoms with Gasteiger partial charge in [0.15, 0.2) is 0 Å². The van der Waals surface area contributed by atoms with E-state index in [9.17, 15) is 4.79 Å². The molecular formula is C16H31NO2. The summed E-state index contributed by atoms with van der Waals surface area (Å²) in [5.74, 6) is 1.79. The molecule has 0 spiro atoms. The first-order valence-electron chi connectivity index (χ1n) is 7.99. The maximum Gasteiger partial charge on any atom is 0.407 e. The van der Waals surface area contributed by atoms with Gasteiger partial charge in [0.25, 0.3) is 0 Å². The van der Waals surface area contributed by atoms with E-state index in [1.54, 1.807) is 0 Å². The van der Waals surface area contributed by atoms with Crippen molar-refractivity contribution in [3.05, 3.63) is 0 Å². The standard InChI is InChI=1S/C16H31NO2/c1-5-6-7-10-17-16(18)19-15-11-13(4)8-9-14(15)12(2)3/h12-15H,5-11H2,1-4H3,(H,17,18)/t13-,14+,15-/m1/s1. The van der Waals surface area contributed by atoms with E-state index in [-0.39, 0.29) is 12.2 Å². The molecule has 1 N–H and O–H groups in total. The maximum atomic E-state index is 11.8. The van der Waals surface area contributed by atoms with Gasteiger partial charge in [0.2, 0.25) is 0 Å². The predicted octanol–water partition coefficient (Wildman–Crippen LogP) is 4.36. The molecule has 1 fully saturated rings. The van der Waals surface area contributed by atoms with Crippen molar-refractivity contribution >= 4 is 6.09 Å². The van der Waals surface area contributed by atoms with E-state index in [2.05, 4.69) is 33.0 Å². The van der Waals surface area contributed by atoms with Gasteiger partial charge in [-0.05, 0) is 37.0 Å². The third-order valence-electron chi connectivity index (χ3n) is 4.27. The summed E-state index contributed by atoms with van der Waals surface area (Å²) in [6.07, 6.45) is 6.73. The molecule has 3 heteroatoms. The van der Waals surface area contributed by atoms with Crippen molar-refractivity contribution < 1.29 is 9.53 Å². The largest absolute Gasteiger partial charge is 0.446 e. The molecule has 1 aliphatic rings. The minimum absolute atomic E-state index is 0.106.